The fraction of sp³-hybridized carbons (Fsp3) is 0.655. The van der Waals surface area contributed by atoms with Crippen molar-refractivity contribution in [1.29, 1.82) is 0 Å². The van der Waals surface area contributed by atoms with Crippen molar-refractivity contribution in [2.75, 3.05) is 6.54 Å². The molecule has 2 rings (SSSR count). The van der Waals surface area contributed by atoms with Crippen LogP contribution in [-0.2, 0) is 22.4 Å². The quantitative estimate of drug-likeness (QED) is 0.372. The van der Waals surface area contributed by atoms with E-state index in [9.17, 15) is 9.59 Å². The van der Waals surface area contributed by atoms with Gasteiger partial charge in [0.15, 0.2) is 0 Å². The maximum atomic E-state index is 12.4. The molecule has 0 spiro atoms. The number of hydrogen-bond donors (Lipinski definition) is 1. The lowest BCUT2D eigenvalue weighted by Gasteiger charge is -2.37. The monoisotopic (exact) mass is 489 g/mol. The van der Waals surface area contributed by atoms with Crippen molar-refractivity contribution >= 4 is 23.5 Å². The Morgan fingerprint density at radius 3 is 2.26 bits per heavy atom. The lowest BCUT2D eigenvalue weighted by Crippen LogP contribution is -2.39. The summed E-state index contributed by atoms with van der Waals surface area (Å²) in [5, 5.41) is 9.99. The fourth-order valence-corrected chi connectivity index (χ4v) is 5.23. The predicted octanol–water partition coefficient (Wildman–Crippen LogP) is 7.39. The number of benzene rings is 1. The molecule has 0 bridgehead atoms. The van der Waals surface area contributed by atoms with E-state index in [1.54, 1.807) is 11.8 Å². The van der Waals surface area contributed by atoms with Crippen LogP contribution in [0.1, 0.15) is 85.8 Å². The molecular weight excluding hydrogens is 446 g/mol. The average Bonchev–Trinajstić information content (AvgIpc) is 2.63. The molecule has 0 saturated heterocycles. The second-order valence-electron chi connectivity index (χ2n) is 12.3. The summed E-state index contributed by atoms with van der Waals surface area (Å²) in [6, 6.07) is 6.45. The van der Waals surface area contributed by atoms with Crippen molar-refractivity contribution < 1.29 is 14.7 Å². The Hall–Kier alpha value is -1.81. The summed E-state index contributed by atoms with van der Waals surface area (Å²) in [5.74, 6) is -0.476. The molecule has 0 unspecified atom stereocenters. The molecular formula is C29H44ClNO3. The molecule has 1 amide bonds. The molecule has 190 valence electrons. The van der Waals surface area contributed by atoms with Gasteiger partial charge in [-0.25, -0.2) is 0 Å². The summed E-state index contributed by atoms with van der Waals surface area (Å²) < 4.78 is 0. The van der Waals surface area contributed by atoms with Crippen molar-refractivity contribution in [3.05, 3.63) is 46.1 Å². The second-order valence-corrected chi connectivity index (χ2v) is 12.7. The zero-order chi connectivity index (χ0) is 25.8. The number of hydrogen-bond acceptors (Lipinski definition) is 2. The van der Waals surface area contributed by atoms with Gasteiger partial charge < -0.3 is 10.0 Å². The summed E-state index contributed by atoms with van der Waals surface area (Å²) in [4.78, 5) is 25.4. The van der Waals surface area contributed by atoms with Gasteiger partial charge in [-0.1, -0.05) is 72.2 Å². The minimum absolute atomic E-state index is 0.000953. The highest BCUT2D eigenvalue weighted by Crippen LogP contribution is 2.38. The van der Waals surface area contributed by atoms with Crippen molar-refractivity contribution in [2.24, 2.45) is 28.6 Å². The normalized spacial score (nSPS) is 19.2. The van der Waals surface area contributed by atoms with Crippen LogP contribution in [0.3, 0.4) is 0 Å². The van der Waals surface area contributed by atoms with E-state index in [2.05, 4.69) is 66.7 Å². The molecule has 1 aliphatic rings. The van der Waals surface area contributed by atoms with E-state index >= 15 is 0 Å². The van der Waals surface area contributed by atoms with Crippen LogP contribution in [-0.4, -0.2) is 28.4 Å². The highest BCUT2D eigenvalue weighted by molar-refractivity contribution is 6.31. The van der Waals surface area contributed by atoms with E-state index < -0.39 is 5.97 Å². The molecule has 34 heavy (non-hydrogen) atoms. The van der Waals surface area contributed by atoms with Crippen molar-refractivity contribution in [1.82, 2.24) is 4.90 Å². The number of amides is 1. The van der Waals surface area contributed by atoms with Gasteiger partial charge in [0.05, 0.1) is 5.92 Å². The van der Waals surface area contributed by atoms with Crippen LogP contribution in [0.5, 0.6) is 0 Å². The van der Waals surface area contributed by atoms with E-state index in [1.807, 2.05) is 6.20 Å². The molecule has 0 radical (unpaired) electrons. The van der Waals surface area contributed by atoms with Crippen LogP contribution in [0.4, 0.5) is 0 Å². The van der Waals surface area contributed by atoms with Gasteiger partial charge in [0.25, 0.3) is 0 Å². The van der Waals surface area contributed by atoms with E-state index in [0.717, 1.165) is 24.3 Å². The van der Waals surface area contributed by atoms with Gasteiger partial charge in [-0.15, -0.1) is 0 Å². The first-order valence-corrected chi connectivity index (χ1v) is 13.0. The van der Waals surface area contributed by atoms with E-state index in [1.165, 1.54) is 16.7 Å². The van der Waals surface area contributed by atoms with Crippen LogP contribution in [0, 0.1) is 28.6 Å². The summed E-state index contributed by atoms with van der Waals surface area (Å²) >= 11 is 6.66. The predicted molar refractivity (Wildman–Crippen MR) is 141 cm³/mol. The Balaban J connectivity index is 2.18. The number of aliphatic carboxylic acids is 1. The van der Waals surface area contributed by atoms with Gasteiger partial charge in [0.2, 0.25) is 5.91 Å². The first kappa shape index (κ1) is 28.4. The van der Waals surface area contributed by atoms with Gasteiger partial charge in [0, 0.05) is 24.7 Å². The lowest BCUT2D eigenvalue weighted by molar-refractivity contribution is -0.146. The number of carboxylic acid groups (broad SMARTS) is 1. The zero-order valence-corrected chi connectivity index (χ0v) is 23.1. The molecule has 1 fully saturated rings. The largest absolute Gasteiger partial charge is 0.481 e. The lowest BCUT2D eigenvalue weighted by atomic mass is 9.73. The molecule has 1 saturated carbocycles. The molecule has 5 heteroatoms. The van der Waals surface area contributed by atoms with Gasteiger partial charge in [0.1, 0.15) is 0 Å². The van der Waals surface area contributed by atoms with Gasteiger partial charge in [-0.3, -0.25) is 9.59 Å². The highest BCUT2D eigenvalue weighted by Gasteiger charge is 2.36. The fourth-order valence-electron chi connectivity index (χ4n) is 4.94. The van der Waals surface area contributed by atoms with Gasteiger partial charge in [-0.05, 0) is 77.5 Å². The van der Waals surface area contributed by atoms with Crippen LogP contribution in [0.25, 0.3) is 0 Å². The minimum Gasteiger partial charge on any atom is -0.481 e. The Morgan fingerprint density at radius 2 is 1.79 bits per heavy atom. The molecule has 0 aromatic heterocycles. The van der Waals surface area contributed by atoms with Crippen LogP contribution in [0.15, 0.2) is 30.0 Å². The van der Waals surface area contributed by atoms with Crippen LogP contribution >= 0.6 is 11.6 Å². The van der Waals surface area contributed by atoms with E-state index in [4.69, 9.17) is 16.7 Å². The molecule has 1 N–H and O–H groups in total. The number of allylic oxidation sites excluding steroid dienone is 1. The molecule has 1 aromatic rings. The molecule has 0 atom stereocenters. The number of carboxylic acids is 1. The molecule has 0 aliphatic heterocycles. The van der Waals surface area contributed by atoms with E-state index in [0.29, 0.717) is 19.4 Å². The van der Waals surface area contributed by atoms with Gasteiger partial charge in [-0.2, -0.15) is 0 Å². The standard InChI is InChI=1S/C29H44ClNO3/c1-19(2)25(18-31(20(3)32)17-22-13-24(14-22)27(33)34)29(7,8)16-21-9-10-23(26(30)15-21)11-12-28(4,5)6/h9-10,15,18-19,22,24H,11-14,16-17H2,1-8H3,(H,33,34)/b25-18-. The second kappa shape index (κ2) is 11.3. The summed E-state index contributed by atoms with van der Waals surface area (Å²) in [6.07, 6.45) is 6.21. The summed E-state index contributed by atoms with van der Waals surface area (Å²) in [7, 11) is 0. The Kier molecular flexibility index (Phi) is 9.44. The van der Waals surface area contributed by atoms with Crippen molar-refractivity contribution in [2.45, 2.75) is 87.5 Å². The highest BCUT2D eigenvalue weighted by atomic mass is 35.5. The Bertz CT molecular complexity index is 904. The van der Waals surface area contributed by atoms with Crippen molar-refractivity contribution in [3.63, 3.8) is 0 Å². The molecule has 4 nitrogen and oxygen atoms in total. The summed E-state index contributed by atoms with van der Waals surface area (Å²) in [5.41, 5.74) is 3.71. The third-order valence-electron chi connectivity index (χ3n) is 7.05. The Morgan fingerprint density at radius 1 is 1.18 bits per heavy atom. The number of nitrogens with zero attached hydrogens (tertiary/aromatic N) is 1. The topological polar surface area (TPSA) is 57.6 Å². The average molecular weight is 490 g/mol. The van der Waals surface area contributed by atoms with E-state index in [-0.39, 0.29) is 34.5 Å². The number of rotatable bonds is 10. The van der Waals surface area contributed by atoms with Crippen LogP contribution < -0.4 is 0 Å². The first-order chi connectivity index (χ1) is 15.6. The zero-order valence-electron chi connectivity index (χ0n) is 22.4. The first-order valence-electron chi connectivity index (χ1n) is 12.6. The van der Waals surface area contributed by atoms with Crippen LogP contribution in [0.2, 0.25) is 5.02 Å². The smallest absolute Gasteiger partial charge is 0.306 e. The van der Waals surface area contributed by atoms with Crippen molar-refractivity contribution in [3.8, 4) is 0 Å². The SMILES string of the molecule is CC(=O)N(/C=C(/C(C)C)C(C)(C)Cc1ccc(CCC(C)(C)C)c(Cl)c1)CC1CC(C(=O)O)C1. The third-order valence-corrected chi connectivity index (χ3v) is 7.40. The number of aryl methyl sites for hydroxylation is 1. The Labute approximate surface area is 211 Å². The third kappa shape index (κ3) is 8.15. The minimum atomic E-state index is -0.728. The number of carbonyl (C=O) groups excluding carboxylic acids is 1. The molecule has 1 aromatic carbocycles. The number of carbonyl (C=O) groups is 2. The summed E-state index contributed by atoms with van der Waals surface area (Å²) in [6.45, 7) is 17.7. The molecule has 0 heterocycles. The maximum Gasteiger partial charge on any atom is 0.306 e. The molecule has 1 aliphatic carbocycles. The maximum absolute atomic E-state index is 12.4. The van der Waals surface area contributed by atoms with Gasteiger partial charge >= 0.3 is 5.97 Å². The number of halogens is 1.